The standard InChI is InChI=1S/C14H21Cl2NO/c1-2-3-4-5-6-7-8-13(18)11-9-12(15)14(16)17-10-11/h9-10,13,18H,2-8H2,1H3. The molecule has 0 amide bonds. The zero-order valence-corrected chi connectivity index (χ0v) is 12.3. The lowest BCUT2D eigenvalue weighted by Crippen LogP contribution is -1.98. The summed E-state index contributed by atoms with van der Waals surface area (Å²) in [7, 11) is 0. The minimum Gasteiger partial charge on any atom is -0.388 e. The number of aliphatic hydroxyl groups excluding tert-OH is 1. The van der Waals surface area contributed by atoms with Crippen LogP contribution < -0.4 is 0 Å². The van der Waals surface area contributed by atoms with Gasteiger partial charge >= 0.3 is 0 Å². The Bertz CT molecular complexity index is 358. The fourth-order valence-corrected chi connectivity index (χ4v) is 2.18. The van der Waals surface area contributed by atoms with E-state index in [1.807, 2.05) is 0 Å². The molecule has 0 bridgehead atoms. The van der Waals surface area contributed by atoms with Crippen molar-refractivity contribution in [1.82, 2.24) is 4.98 Å². The predicted molar refractivity (Wildman–Crippen MR) is 77.2 cm³/mol. The van der Waals surface area contributed by atoms with Crippen LogP contribution in [0.2, 0.25) is 10.2 Å². The first-order valence-electron chi connectivity index (χ1n) is 6.64. The first kappa shape index (κ1) is 15.7. The lowest BCUT2D eigenvalue weighted by molar-refractivity contribution is 0.163. The zero-order chi connectivity index (χ0) is 13.4. The maximum absolute atomic E-state index is 10.00. The van der Waals surface area contributed by atoms with Crippen LogP contribution in [0.5, 0.6) is 0 Å². The summed E-state index contributed by atoms with van der Waals surface area (Å²) in [4.78, 5) is 3.94. The third-order valence-corrected chi connectivity index (χ3v) is 3.72. The molecule has 1 N–H and O–H groups in total. The number of nitrogens with zero attached hydrogens (tertiary/aromatic N) is 1. The third kappa shape index (κ3) is 5.55. The molecule has 0 aromatic carbocycles. The van der Waals surface area contributed by atoms with Crippen LogP contribution in [0.15, 0.2) is 12.3 Å². The van der Waals surface area contributed by atoms with E-state index in [0.717, 1.165) is 18.4 Å². The van der Waals surface area contributed by atoms with Gasteiger partial charge in [-0.05, 0) is 12.5 Å². The van der Waals surface area contributed by atoms with E-state index in [9.17, 15) is 5.11 Å². The van der Waals surface area contributed by atoms with Crippen LogP contribution in [0.3, 0.4) is 0 Å². The monoisotopic (exact) mass is 289 g/mol. The average Bonchev–Trinajstić information content (AvgIpc) is 2.36. The summed E-state index contributed by atoms with van der Waals surface area (Å²) >= 11 is 11.6. The first-order valence-corrected chi connectivity index (χ1v) is 7.39. The molecule has 1 rings (SSSR count). The van der Waals surface area contributed by atoms with Gasteiger partial charge in [0.05, 0.1) is 11.1 Å². The molecule has 1 atom stereocenters. The third-order valence-electron chi connectivity index (χ3n) is 3.03. The number of hydrogen-bond donors (Lipinski definition) is 1. The summed E-state index contributed by atoms with van der Waals surface area (Å²) in [6.07, 6.45) is 9.18. The van der Waals surface area contributed by atoms with Crippen LogP contribution in [0.1, 0.15) is 63.5 Å². The Morgan fingerprint density at radius 1 is 1.17 bits per heavy atom. The van der Waals surface area contributed by atoms with Gasteiger partial charge in [0.1, 0.15) is 5.15 Å². The summed E-state index contributed by atoms with van der Waals surface area (Å²) in [6.45, 7) is 2.21. The summed E-state index contributed by atoms with van der Waals surface area (Å²) in [5.74, 6) is 0. The molecule has 0 saturated carbocycles. The van der Waals surface area contributed by atoms with E-state index in [2.05, 4.69) is 11.9 Å². The van der Waals surface area contributed by atoms with E-state index in [1.165, 1.54) is 32.1 Å². The molecule has 0 fully saturated rings. The summed E-state index contributed by atoms with van der Waals surface area (Å²) in [5, 5.41) is 10.7. The lowest BCUT2D eigenvalue weighted by Gasteiger charge is -2.11. The number of aliphatic hydroxyl groups is 1. The van der Waals surface area contributed by atoms with Gasteiger partial charge in [0, 0.05) is 11.8 Å². The fourth-order valence-electron chi connectivity index (χ4n) is 1.90. The van der Waals surface area contributed by atoms with Crippen LogP contribution in [0.4, 0.5) is 0 Å². The summed E-state index contributed by atoms with van der Waals surface area (Å²) < 4.78 is 0. The normalized spacial score (nSPS) is 12.7. The molecule has 0 aliphatic carbocycles. The molecule has 0 spiro atoms. The van der Waals surface area contributed by atoms with Gasteiger partial charge in [0.2, 0.25) is 0 Å². The highest BCUT2D eigenvalue weighted by Gasteiger charge is 2.09. The quantitative estimate of drug-likeness (QED) is 0.529. The topological polar surface area (TPSA) is 33.1 Å². The van der Waals surface area contributed by atoms with E-state index >= 15 is 0 Å². The number of unbranched alkanes of at least 4 members (excludes halogenated alkanes) is 5. The minimum atomic E-state index is -0.488. The van der Waals surface area contributed by atoms with E-state index in [1.54, 1.807) is 12.3 Å². The highest BCUT2D eigenvalue weighted by molar-refractivity contribution is 6.41. The van der Waals surface area contributed by atoms with Gasteiger partial charge in [-0.2, -0.15) is 0 Å². The van der Waals surface area contributed by atoms with Gasteiger partial charge in [-0.1, -0.05) is 68.7 Å². The van der Waals surface area contributed by atoms with Crippen LogP contribution in [0, 0.1) is 0 Å². The first-order chi connectivity index (χ1) is 8.65. The number of rotatable bonds is 8. The van der Waals surface area contributed by atoms with Gasteiger partial charge < -0.3 is 5.11 Å². The van der Waals surface area contributed by atoms with E-state index in [-0.39, 0.29) is 5.15 Å². The molecule has 1 aromatic rings. The molecule has 1 aromatic heterocycles. The van der Waals surface area contributed by atoms with E-state index in [0.29, 0.717) is 5.02 Å². The Morgan fingerprint density at radius 3 is 2.50 bits per heavy atom. The number of halogens is 2. The molecule has 4 heteroatoms. The average molecular weight is 290 g/mol. The van der Waals surface area contributed by atoms with E-state index < -0.39 is 6.10 Å². The smallest absolute Gasteiger partial charge is 0.147 e. The summed E-state index contributed by atoms with van der Waals surface area (Å²) in [5.41, 5.74) is 0.748. The molecule has 0 aliphatic rings. The molecular weight excluding hydrogens is 269 g/mol. The Morgan fingerprint density at radius 2 is 1.83 bits per heavy atom. The lowest BCUT2D eigenvalue weighted by atomic mass is 10.0. The fraction of sp³-hybridized carbons (Fsp3) is 0.643. The zero-order valence-electron chi connectivity index (χ0n) is 10.8. The van der Waals surface area contributed by atoms with Crippen molar-refractivity contribution in [1.29, 1.82) is 0 Å². The van der Waals surface area contributed by atoms with Crippen molar-refractivity contribution in [3.05, 3.63) is 28.0 Å². The van der Waals surface area contributed by atoms with Gasteiger partial charge in [-0.15, -0.1) is 0 Å². The highest BCUT2D eigenvalue weighted by Crippen LogP contribution is 2.25. The SMILES string of the molecule is CCCCCCCCC(O)c1cnc(Cl)c(Cl)c1. The van der Waals surface area contributed by atoms with Gasteiger partial charge in [0.25, 0.3) is 0 Å². The maximum Gasteiger partial charge on any atom is 0.147 e. The molecule has 102 valence electrons. The number of pyridine rings is 1. The minimum absolute atomic E-state index is 0.284. The van der Waals surface area contributed by atoms with Crippen molar-refractivity contribution in [3.63, 3.8) is 0 Å². The van der Waals surface area contributed by atoms with Crippen molar-refractivity contribution in [3.8, 4) is 0 Å². The van der Waals surface area contributed by atoms with Crippen LogP contribution in [-0.4, -0.2) is 10.1 Å². The second-order valence-electron chi connectivity index (χ2n) is 4.61. The molecule has 2 nitrogen and oxygen atoms in total. The van der Waals surface area contributed by atoms with Gasteiger partial charge in [-0.3, -0.25) is 0 Å². The second kappa shape index (κ2) is 8.73. The van der Waals surface area contributed by atoms with Crippen molar-refractivity contribution >= 4 is 23.2 Å². The van der Waals surface area contributed by atoms with Gasteiger partial charge in [-0.25, -0.2) is 4.98 Å². The number of hydrogen-bond acceptors (Lipinski definition) is 2. The molecule has 0 saturated heterocycles. The van der Waals surface area contributed by atoms with Crippen molar-refractivity contribution in [2.75, 3.05) is 0 Å². The predicted octanol–water partition coefficient (Wildman–Crippen LogP) is 5.17. The van der Waals surface area contributed by atoms with Crippen molar-refractivity contribution < 1.29 is 5.11 Å². The van der Waals surface area contributed by atoms with Crippen LogP contribution in [0.25, 0.3) is 0 Å². The second-order valence-corrected chi connectivity index (χ2v) is 5.38. The highest BCUT2D eigenvalue weighted by atomic mass is 35.5. The number of aromatic nitrogens is 1. The molecule has 0 radical (unpaired) electrons. The Kier molecular flexibility index (Phi) is 7.64. The largest absolute Gasteiger partial charge is 0.388 e. The molecule has 18 heavy (non-hydrogen) atoms. The molecular formula is C14H21Cl2NO. The Labute approximate surface area is 119 Å². The van der Waals surface area contributed by atoms with Crippen molar-refractivity contribution in [2.45, 2.75) is 58.0 Å². The summed E-state index contributed by atoms with van der Waals surface area (Å²) in [6, 6.07) is 1.69. The Hall–Kier alpha value is -0.310. The van der Waals surface area contributed by atoms with Crippen LogP contribution >= 0.6 is 23.2 Å². The molecule has 1 heterocycles. The van der Waals surface area contributed by atoms with Crippen molar-refractivity contribution in [2.24, 2.45) is 0 Å². The maximum atomic E-state index is 10.00. The molecule has 1 unspecified atom stereocenters. The molecule has 0 aliphatic heterocycles. The van der Waals surface area contributed by atoms with Gasteiger partial charge in [0.15, 0.2) is 0 Å². The van der Waals surface area contributed by atoms with E-state index in [4.69, 9.17) is 23.2 Å². The van der Waals surface area contributed by atoms with Crippen LogP contribution in [-0.2, 0) is 0 Å². The Balaban J connectivity index is 2.27.